The molecule has 0 amide bonds. The number of imidazole rings is 1. The second-order valence-electron chi connectivity index (χ2n) is 6.25. The van der Waals surface area contributed by atoms with Crippen molar-refractivity contribution in [3.8, 4) is 0 Å². The van der Waals surface area contributed by atoms with Gasteiger partial charge < -0.3 is 35.2 Å². The van der Waals surface area contributed by atoms with Gasteiger partial charge in [-0.2, -0.15) is 8.62 Å². The van der Waals surface area contributed by atoms with Gasteiger partial charge >= 0.3 is 23.5 Å². The summed E-state index contributed by atoms with van der Waals surface area (Å²) in [5.41, 5.74) is 6.14. The molecule has 1 aliphatic heterocycles. The molecule has 0 radical (unpaired) electrons. The fourth-order valence-electron chi connectivity index (χ4n) is 2.82. The van der Waals surface area contributed by atoms with Crippen LogP contribution in [0.3, 0.4) is 0 Å². The Morgan fingerprint density at radius 2 is 1.82 bits per heavy atom. The number of nitrogen functional groups attached to an aromatic ring is 1. The van der Waals surface area contributed by atoms with E-state index in [0.717, 1.165) is 13.4 Å². The van der Waals surface area contributed by atoms with Crippen LogP contribution in [0.2, 0.25) is 0 Å². The van der Waals surface area contributed by atoms with Gasteiger partial charge in [-0.05, 0) is 0 Å². The van der Waals surface area contributed by atoms with Gasteiger partial charge in [0.25, 0.3) is 0 Å². The Balaban J connectivity index is 1.75. The summed E-state index contributed by atoms with van der Waals surface area (Å²) in [6.45, 7) is -0.922. The van der Waals surface area contributed by atoms with Crippen molar-refractivity contribution in [3.05, 3.63) is 12.7 Å². The normalized spacial score (nSPS) is 27.5. The van der Waals surface area contributed by atoms with Crippen LogP contribution >= 0.6 is 23.5 Å². The first-order chi connectivity index (χ1) is 15.2. The number of phosphoric ester groups is 1. The maximum Gasteiger partial charge on any atom is 0.490 e. The topological polar surface area (TPSA) is 277 Å². The minimum Gasteiger partial charge on any atom is -0.387 e. The van der Waals surface area contributed by atoms with E-state index in [2.05, 4.69) is 33.0 Å². The first-order valence-corrected chi connectivity index (χ1v) is 13.0. The third-order valence-electron chi connectivity index (χ3n) is 4.00. The van der Waals surface area contributed by atoms with E-state index < -0.39 is 54.6 Å². The van der Waals surface area contributed by atoms with E-state index >= 15 is 0 Å². The number of hydrogen-bond donors (Lipinski definition) is 6. The van der Waals surface area contributed by atoms with Crippen LogP contribution in [0.4, 0.5) is 5.82 Å². The van der Waals surface area contributed by atoms with Crippen LogP contribution in [0, 0.1) is 0 Å². The molecular weight excluding hydrogens is 519 g/mol. The molecular formula is C11H18N5O14P3. The van der Waals surface area contributed by atoms with Gasteiger partial charge in [0.15, 0.2) is 23.8 Å². The lowest BCUT2D eigenvalue weighted by atomic mass is 10.1. The van der Waals surface area contributed by atoms with Crippen molar-refractivity contribution in [1.29, 1.82) is 0 Å². The first-order valence-electron chi connectivity index (χ1n) is 8.47. The molecule has 2 aromatic heterocycles. The molecule has 19 nitrogen and oxygen atoms in total. The number of anilines is 1. The monoisotopic (exact) mass is 537 g/mol. The highest BCUT2D eigenvalue weighted by Gasteiger charge is 2.49. The van der Waals surface area contributed by atoms with Crippen molar-refractivity contribution in [1.82, 2.24) is 19.5 Å². The van der Waals surface area contributed by atoms with E-state index in [1.807, 2.05) is 0 Å². The lowest BCUT2D eigenvalue weighted by Crippen LogP contribution is -2.35. The Morgan fingerprint density at radius 1 is 1.12 bits per heavy atom. The fourth-order valence-corrected chi connectivity index (χ4v) is 5.85. The highest BCUT2D eigenvalue weighted by molar-refractivity contribution is 7.66. The molecule has 0 aromatic carbocycles. The summed E-state index contributed by atoms with van der Waals surface area (Å²) in [7, 11) is -15.5. The first kappa shape index (κ1) is 26.2. The standard InChI is InChI=1S/C11H18N5O14P3/c1-25-28-8-7(17)5(2-26-32(21,22)30-33(23,24)29-31(18,19)20)27-11(8)16-4-15-6-9(12)13-3-14-10(6)16/h3-5,7-8,11,17H,2H2,1H3,(H,21,22)(H,23,24)(H2,12,13,14)(H2,18,19,20)/t5-,7+,8-,11-/m1/s1. The van der Waals surface area contributed by atoms with Gasteiger partial charge in [0.2, 0.25) is 0 Å². The average molecular weight is 537 g/mol. The zero-order chi connectivity index (χ0) is 24.6. The van der Waals surface area contributed by atoms with Crippen LogP contribution in [0.15, 0.2) is 12.7 Å². The molecule has 186 valence electrons. The molecule has 2 aromatic rings. The summed E-state index contributed by atoms with van der Waals surface area (Å²) in [6, 6.07) is 0. The molecule has 3 heterocycles. The second kappa shape index (κ2) is 9.69. The predicted molar refractivity (Wildman–Crippen MR) is 101 cm³/mol. The molecule has 1 saturated heterocycles. The summed E-state index contributed by atoms with van der Waals surface area (Å²) < 4.78 is 52.6. The van der Waals surface area contributed by atoms with Crippen LogP contribution in [0.25, 0.3) is 11.2 Å². The van der Waals surface area contributed by atoms with Gasteiger partial charge in [-0.3, -0.25) is 9.09 Å². The number of nitrogens with two attached hydrogens (primary N) is 1. The van der Waals surface area contributed by atoms with Gasteiger partial charge in [-0.15, -0.1) is 0 Å². The van der Waals surface area contributed by atoms with Crippen molar-refractivity contribution in [2.24, 2.45) is 0 Å². The Bertz CT molecular complexity index is 1140. The van der Waals surface area contributed by atoms with E-state index in [1.165, 1.54) is 10.9 Å². The van der Waals surface area contributed by atoms with Crippen molar-refractivity contribution >= 4 is 40.4 Å². The molecule has 1 fully saturated rings. The van der Waals surface area contributed by atoms with Crippen LogP contribution in [0.5, 0.6) is 0 Å². The van der Waals surface area contributed by atoms with Crippen LogP contribution in [-0.2, 0) is 41.4 Å². The smallest absolute Gasteiger partial charge is 0.387 e. The van der Waals surface area contributed by atoms with Gasteiger partial charge in [-0.1, -0.05) is 0 Å². The van der Waals surface area contributed by atoms with E-state index in [1.54, 1.807) is 0 Å². The molecule has 7 N–H and O–H groups in total. The number of hydrogen-bond acceptors (Lipinski definition) is 14. The number of ether oxygens (including phenoxy) is 1. The second-order valence-corrected chi connectivity index (χ2v) is 10.7. The summed E-state index contributed by atoms with van der Waals surface area (Å²) in [4.78, 5) is 57.3. The zero-order valence-corrected chi connectivity index (χ0v) is 19.0. The van der Waals surface area contributed by atoms with Crippen molar-refractivity contribution in [3.63, 3.8) is 0 Å². The number of fused-ring (bicyclic) bond motifs is 1. The molecule has 22 heteroatoms. The highest BCUT2D eigenvalue weighted by atomic mass is 31.3. The highest BCUT2D eigenvalue weighted by Crippen LogP contribution is 2.66. The molecule has 0 aliphatic carbocycles. The van der Waals surface area contributed by atoms with Crippen molar-refractivity contribution in [2.45, 2.75) is 24.5 Å². The van der Waals surface area contributed by atoms with Gasteiger partial charge in [-0.25, -0.2) is 38.4 Å². The molecule has 33 heavy (non-hydrogen) atoms. The summed E-state index contributed by atoms with van der Waals surface area (Å²) in [5, 5.41) is 10.5. The lowest BCUT2D eigenvalue weighted by molar-refractivity contribution is -0.327. The van der Waals surface area contributed by atoms with Crippen LogP contribution in [-0.4, -0.2) is 76.2 Å². The molecule has 0 spiro atoms. The Kier molecular flexibility index (Phi) is 7.70. The molecule has 2 unspecified atom stereocenters. The minimum absolute atomic E-state index is 0.0608. The molecule has 6 atom stereocenters. The number of nitrogens with zero attached hydrogens (tertiary/aromatic N) is 4. The minimum atomic E-state index is -5.71. The van der Waals surface area contributed by atoms with E-state index in [0.29, 0.717) is 0 Å². The molecule has 1 aliphatic rings. The molecule has 0 bridgehead atoms. The number of phosphoric acid groups is 3. The van der Waals surface area contributed by atoms with E-state index in [-0.39, 0.29) is 17.0 Å². The quantitative estimate of drug-likeness (QED) is 0.120. The number of aliphatic hydroxyl groups is 1. The van der Waals surface area contributed by atoms with Crippen molar-refractivity contribution in [2.75, 3.05) is 19.5 Å². The maximum atomic E-state index is 11.9. The third kappa shape index (κ3) is 6.39. The summed E-state index contributed by atoms with van der Waals surface area (Å²) in [6.07, 6.45) is -2.98. The Hall–Kier alpha value is -1.40. The Morgan fingerprint density at radius 3 is 2.45 bits per heavy atom. The largest absolute Gasteiger partial charge is 0.490 e. The van der Waals surface area contributed by atoms with Gasteiger partial charge in [0.05, 0.1) is 20.0 Å². The third-order valence-corrected chi connectivity index (χ3v) is 7.80. The number of aliphatic hydroxyl groups excluding tert-OH is 1. The van der Waals surface area contributed by atoms with E-state index in [9.17, 15) is 28.6 Å². The van der Waals surface area contributed by atoms with Crippen molar-refractivity contribution < 1.29 is 66.0 Å². The average Bonchev–Trinajstić information content (AvgIpc) is 3.20. The predicted octanol–water partition coefficient (Wildman–Crippen LogP) is -1.04. The maximum absolute atomic E-state index is 11.9. The van der Waals surface area contributed by atoms with Gasteiger partial charge in [0, 0.05) is 0 Å². The SMILES string of the molecule is COO[C@@H]1[C@@H](O)[C@@H](COP(=O)(O)OP(=O)(O)OP(=O)(O)O)O[C@H]1n1cnc2c(N)ncnc21. The number of rotatable bonds is 10. The van der Waals surface area contributed by atoms with E-state index in [4.69, 9.17) is 25.1 Å². The van der Waals surface area contributed by atoms with Gasteiger partial charge in [0.1, 0.15) is 24.1 Å². The zero-order valence-electron chi connectivity index (χ0n) is 16.3. The summed E-state index contributed by atoms with van der Waals surface area (Å²) >= 11 is 0. The molecule has 0 saturated carbocycles. The Labute approximate surface area is 183 Å². The lowest BCUT2D eigenvalue weighted by Gasteiger charge is -2.19. The van der Waals surface area contributed by atoms with Crippen LogP contribution in [0.1, 0.15) is 6.23 Å². The van der Waals surface area contributed by atoms with Crippen LogP contribution < -0.4 is 5.73 Å². The fraction of sp³-hybridized carbons (Fsp3) is 0.545. The molecule has 3 rings (SSSR count). The summed E-state index contributed by atoms with van der Waals surface area (Å²) in [5.74, 6) is 0.0608. The number of aromatic nitrogens is 4.